The first-order chi connectivity index (χ1) is 10.6. The number of carbonyl (C=O) groups excluding carboxylic acids is 2. The topological polar surface area (TPSA) is 85.9 Å². The fourth-order valence-electron chi connectivity index (χ4n) is 2.19. The Kier molecular flexibility index (Phi) is 5.60. The number of rotatable bonds is 5. The van der Waals surface area contributed by atoms with E-state index in [2.05, 4.69) is 10.6 Å². The highest BCUT2D eigenvalue weighted by atomic mass is 16.5. The lowest BCUT2D eigenvalue weighted by atomic mass is 10.2. The number of anilines is 1. The first-order valence-corrected chi connectivity index (χ1v) is 7.07. The molecule has 7 nitrogen and oxygen atoms in total. The SMILES string of the molecule is COc1ccc(NC(=O)C(=O)NCC2CCCO2)cc1OC. The van der Waals surface area contributed by atoms with Gasteiger partial charge in [-0.3, -0.25) is 9.59 Å². The maximum atomic E-state index is 11.8. The molecule has 7 heteroatoms. The molecule has 0 aliphatic carbocycles. The van der Waals surface area contributed by atoms with Gasteiger partial charge in [-0.15, -0.1) is 0 Å². The van der Waals surface area contributed by atoms with E-state index in [-0.39, 0.29) is 6.10 Å². The summed E-state index contributed by atoms with van der Waals surface area (Å²) >= 11 is 0. The van der Waals surface area contributed by atoms with Crippen LogP contribution in [0.25, 0.3) is 0 Å². The average Bonchev–Trinajstić information content (AvgIpc) is 3.05. The largest absolute Gasteiger partial charge is 0.493 e. The molecule has 2 rings (SSSR count). The van der Waals surface area contributed by atoms with Crippen LogP contribution in [0.3, 0.4) is 0 Å². The lowest BCUT2D eigenvalue weighted by Gasteiger charge is -2.12. The van der Waals surface area contributed by atoms with E-state index in [1.54, 1.807) is 18.2 Å². The molecular weight excluding hydrogens is 288 g/mol. The number of hydrogen-bond donors (Lipinski definition) is 2. The molecule has 1 aliphatic rings. The molecule has 1 fully saturated rings. The average molecular weight is 308 g/mol. The molecule has 0 spiro atoms. The van der Waals surface area contributed by atoms with Gasteiger partial charge in [0, 0.05) is 24.9 Å². The number of benzene rings is 1. The normalized spacial score (nSPS) is 16.9. The van der Waals surface area contributed by atoms with Crippen LogP contribution in [-0.4, -0.2) is 45.3 Å². The molecule has 1 saturated heterocycles. The number of methoxy groups -OCH3 is 2. The summed E-state index contributed by atoms with van der Waals surface area (Å²) < 4.78 is 15.6. The summed E-state index contributed by atoms with van der Waals surface area (Å²) in [4.78, 5) is 23.6. The molecular formula is C15H20N2O5. The quantitative estimate of drug-likeness (QED) is 0.791. The fourth-order valence-corrected chi connectivity index (χ4v) is 2.19. The van der Waals surface area contributed by atoms with E-state index in [1.807, 2.05) is 0 Å². The molecule has 1 unspecified atom stereocenters. The van der Waals surface area contributed by atoms with Crippen molar-refractivity contribution in [1.29, 1.82) is 0 Å². The molecule has 1 aromatic carbocycles. The van der Waals surface area contributed by atoms with Gasteiger partial charge < -0.3 is 24.8 Å². The molecule has 120 valence electrons. The lowest BCUT2D eigenvalue weighted by Crippen LogP contribution is -2.39. The predicted molar refractivity (Wildman–Crippen MR) is 80.2 cm³/mol. The van der Waals surface area contributed by atoms with Crippen molar-refractivity contribution in [2.45, 2.75) is 18.9 Å². The maximum Gasteiger partial charge on any atom is 0.313 e. The standard InChI is InChI=1S/C15H20N2O5/c1-20-12-6-5-10(8-13(12)21-2)17-15(19)14(18)16-9-11-4-3-7-22-11/h5-6,8,11H,3-4,7,9H2,1-2H3,(H,16,18)(H,17,19). The van der Waals surface area contributed by atoms with Gasteiger partial charge in [0.1, 0.15) is 0 Å². The summed E-state index contributed by atoms with van der Waals surface area (Å²) in [5.74, 6) is -0.404. The highest BCUT2D eigenvalue weighted by Gasteiger charge is 2.19. The molecule has 0 bridgehead atoms. The first kappa shape index (κ1) is 16.1. The Morgan fingerprint density at radius 2 is 2.00 bits per heavy atom. The fraction of sp³-hybridized carbons (Fsp3) is 0.467. The molecule has 22 heavy (non-hydrogen) atoms. The van der Waals surface area contributed by atoms with E-state index >= 15 is 0 Å². The van der Waals surface area contributed by atoms with Gasteiger partial charge in [-0.05, 0) is 25.0 Å². The Morgan fingerprint density at radius 3 is 2.64 bits per heavy atom. The number of carbonyl (C=O) groups is 2. The number of ether oxygens (including phenoxy) is 3. The Morgan fingerprint density at radius 1 is 1.23 bits per heavy atom. The van der Waals surface area contributed by atoms with Gasteiger partial charge in [0.25, 0.3) is 0 Å². The van der Waals surface area contributed by atoms with Gasteiger partial charge in [0.05, 0.1) is 20.3 Å². The van der Waals surface area contributed by atoms with Crippen molar-refractivity contribution >= 4 is 17.5 Å². The Bertz CT molecular complexity index is 541. The van der Waals surface area contributed by atoms with E-state index in [9.17, 15) is 9.59 Å². The first-order valence-electron chi connectivity index (χ1n) is 7.07. The minimum absolute atomic E-state index is 0.00201. The summed E-state index contributed by atoms with van der Waals surface area (Å²) in [6.45, 7) is 1.05. The van der Waals surface area contributed by atoms with Crippen LogP contribution in [0.15, 0.2) is 18.2 Å². The molecule has 2 amide bonds. The molecule has 1 heterocycles. The van der Waals surface area contributed by atoms with E-state index in [1.165, 1.54) is 14.2 Å². The molecule has 2 N–H and O–H groups in total. The predicted octanol–water partition coefficient (Wildman–Crippen LogP) is 0.937. The van der Waals surface area contributed by atoms with Gasteiger partial charge in [-0.2, -0.15) is 0 Å². The molecule has 1 atom stereocenters. The summed E-state index contributed by atoms with van der Waals surface area (Å²) in [5, 5.41) is 5.08. The minimum Gasteiger partial charge on any atom is -0.493 e. The van der Waals surface area contributed by atoms with Crippen LogP contribution >= 0.6 is 0 Å². The van der Waals surface area contributed by atoms with Crippen LogP contribution in [0, 0.1) is 0 Å². The van der Waals surface area contributed by atoms with Crippen molar-refractivity contribution in [1.82, 2.24) is 5.32 Å². The zero-order valence-electron chi connectivity index (χ0n) is 12.7. The highest BCUT2D eigenvalue weighted by molar-refractivity contribution is 6.39. The van der Waals surface area contributed by atoms with Gasteiger partial charge in [-0.25, -0.2) is 0 Å². The van der Waals surface area contributed by atoms with Crippen LogP contribution in [0.4, 0.5) is 5.69 Å². The third-order valence-electron chi connectivity index (χ3n) is 3.36. The van der Waals surface area contributed by atoms with Gasteiger partial charge in [0.2, 0.25) is 0 Å². The van der Waals surface area contributed by atoms with Crippen LogP contribution < -0.4 is 20.1 Å². The summed E-state index contributed by atoms with van der Waals surface area (Å²) in [6, 6.07) is 4.87. The van der Waals surface area contributed by atoms with Crippen molar-refractivity contribution < 1.29 is 23.8 Å². The second-order valence-corrected chi connectivity index (χ2v) is 4.87. The van der Waals surface area contributed by atoms with Crippen molar-refractivity contribution in [3.8, 4) is 11.5 Å². The van der Waals surface area contributed by atoms with Gasteiger partial charge >= 0.3 is 11.8 Å². The maximum absolute atomic E-state index is 11.8. The number of nitrogens with one attached hydrogen (secondary N) is 2. The van der Waals surface area contributed by atoms with Crippen LogP contribution in [-0.2, 0) is 14.3 Å². The van der Waals surface area contributed by atoms with Crippen LogP contribution in [0.2, 0.25) is 0 Å². The minimum atomic E-state index is -0.731. The lowest BCUT2D eigenvalue weighted by molar-refractivity contribution is -0.136. The molecule has 0 saturated carbocycles. The molecule has 1 aromatic rings. The highest BCUT2D eigenvalue weighted by Crippen LogP contribution is 2.29. The number of amides is 2. The monoisotopic (exact) mass is 308 g/mol. The zero-order chi connectivity index (χ0) is 15.9. The van der Waals surface area contributed by atoms with E-state index in [0.29, 0.717) is 30.3 Å². The third-order valence-corrected chi connectivity index (χ3v) is 3.36. The Hall–Kier alpha value is -2.28. The van der Waals surface area contributed by atoms with E-state index < -0.39 is 11.8 Å². The van der Waals surface area contributed by atoms with Crippen molar-refractivity contribution in [3.05, 3.63) is 18.2 Å². The third kappa shape index (κ3) is 4.11. The second kappa shape index (κ2) is 7.65. The summed E-state index contributed by atoms with van der Waals surface area (Å²) in [7, 11) is 3.02. The summed E-state index contributed by atoms with van der Waals surface area (Å²) in [6.07, 6.45) is 1.88. The summed E-state index contributed by atoms with van der Waals surface area (Å²) in [5.41, 5.74) is 0.454. The smallest absolute Gasteiger partial charge is 0.313 e. The zero-order valence-corrected chi connectivity index (χ0v) is 12.7. The van der Waals surface area contributed by atoms with Crippen molar-refractivity contribution in [2.75, 3.05) is 32.7 Å². The molecule has 0 radical (unpaired) electrons. The molecule has 0 aromatic heterocycles. The van der Waals surface area contributed by atoms with Crippen molar-refractivity contribution in [2.24, 2.45) is 0 Å². The number of hydrogen-bond acceptors (Lipinski definition) is 5. The van der Waals surface area contributed by atoms with Crippen LogP contribution in [0.1, 0.15) is 12.8 Å². The van der Waals surface area contributed by atoms with Crippen LogP contribution in [0.5, 0.6) is 11.5 Å². The second-order valence-electron chi connectivity index (χ2n) is 4.87. The van der Waals surface area contributed by atoms with Crippen molar-refractivity contribution in [3.63, 3.8) is 0 Å². The Balaban J connectivity index is 1.88. The molecule has 1 aliphatic heterocycles. The Labute approximate surface area is 128 Å². The van der Waals surface area contributed by atoms with Gasteiger partial charge in [0.15, 0.2) is 11.5 Å². The van der Waals surface area contributed by atoms with E-state index in [0.717, 1.165) is 12.8 Å². The van der Waals surface area contributed by atoms with Gasteiger partial charge in [-0.1, -0.05) is 0 Å². The van der Waals surface area contributed by atoms with E-state index in [4.69, 9.17) is 14.2 Å².